The van der Waals surface area contributed by atoms with E-state index in [1.165, 1.54) is 0 Å². The summed E-state index contributed by atoms with van der Waals surface area (Å²) < 4.78 is 0. The molecule has 106 valence electrons. The van der Waals surface area contributed by atoms with Crippen molar-refractivity contribution >= 4 is 16.5 Å². The first-order chi connectivity index (χ1) is 10.2. The Kier molecular flexibility index (Phi) is 3.59. The molecule has 0 bridgehead atoms. The number of pyridine rings is 1. The fourth-order valence-corrected chi connectivity index (χ4v) is 2.52. The Morgan fingerprint density at radius 1 is 1.00 bits per heavy atom. The van der Waals surface area contributed by atoms with Crippen molar-refractivity contribution in [3.63, 3.8) is 0 Å². The van der Waals surface area contributed by atoms with E-state index in [0.29, 0.717) is 0 Å². The zero-order chi connectivity index (χ0) is 14.8. The van der Waals surface area contributed by atoms with Gasteiger partial charge in [-0.25, -0.2) is 0 Å². The van der Waals surface area contributed by atoms with E-state index in [4.69, 9.17) is 0 Å². The van der Waals surface area contributed by atoms with Gasteiger partial charge in [-0.1, -0.05) is 30.3 Å². The predicted molar refractivity (Wildman–Crippen MR) is 86.6 cm³/mol. The van der Waals surface area contributed by atoms with Gasteiger partial charge in [0.1, 0.15) is 6.10 Å². The van der Waals surface area contributed by atoms with E-state index in [9.17, 15) is 5.11 Å². The molecule has 1 unspecified atom stereocenters. The average molecular weight is 278 g/mol. The second-order valence-corrected chi connectivity index (χ2v) is 5.33. The van der Waals surface area contributed by atoms with Crippen LogP contribution in [0.15, 0.2) is 60.9 Å². The SMILES string of the molecule is CN(C)c1ccc(C(O)c2cccc3cnccc23)cc1. The lowest BCUT2D eigenvalue weighted by Crippen LogP contribution is -2.08. The summed E-state index contributed by atoms with van der Waals surface area (Å²) in [6.07, 6.45) is 2.95. The van der Waals surface area contributed by atoms with Crippen LogP contribution in [0.1, 0.15) is 17.2 Å². The molecule has 0 radical (unpaired) electrons. The van der Waals surface area contributed by atoms with Gasteiger partial charge in [-0.05, 0) is 34.7 Å². The standard InChI is InChI=1S/C18H18N2O/c1-20(2)15-8-6-13(7-9-15)18(21)17-5-3-4-14-12-19-11-10-16(14)17/h3-12,18,21H,1-2H3. The van der Waals surface area contributed by atoms with Gasteiger partial charge in [0.2, 0.25) is 0 Å². The number of hydrogen-bond donors (Lipinski definition) is 1. The molecule has 3 aromatic rings. The van der Waals surface area contributed by atoms with Crippen LogP contribution in [0.25, 0.3) is 10.8 Å². The van der Waals surface area contributed by atoms with Gasteiger partial charge in [-0.3, -0.25) is 4.98 Å². The van der Waals surface area contributed by atoms with E-state index < -0.39 is 6.10 Å². The number of fused-ring (bicyclic) bond motifs is 1. The number of aliphatic hydroxyl groups excluding tert-OH is 1. The third-order valence-corrected chi connectivity index (χ3v) is 3.73. The van der Waals surface area contributed by atoms with Crippen molar-refractivity contribution in [2.75, 3.05) is 19.0 Å². The highest BCUT2D eigenvalue weighted by atomic mass is 16.3. The molecule has 0 amide bonds. The molecule has 0 aliphatic heterocycles. The van der Waals surface area contributed by atoms with E-state index in [1.807, 2.05) is 73.7 Å². The van der Waals surface area contributed by atoms with Crippen LogP contribution in [0.3, 0.4) is 0 Å². The molecular formula is C18H18N2O. The van der Waals surface area contributed by atoms with E-state index in [2.05, 4.69) is 4.98 Å². The molecule has 0 spiro atoms. The van der Waals surface area contributed by atoms with Crippen molar-refractivity contribution in [1.82, 2.24) is 4.98 Å². The molecule has 0 fully saturated rings. The van der Waals surface area contributed by atoms with Gasteiger partial charge < -0.3 is 10.0 Å². The molecule has 0 saturated heterocycles. The van der Waals surface area contributed by atoms with Crippen LogP contribution in [0.2, 0.25) is 0 Å². The van der Waals surface area contributed by atoms with Gasteiger partial charge in [0.05, 0.1) is 0 Å². The van der Waals surface area contributed by atoms with Gasteiger partial charge >= 0.3 is 0 Å². The molecule has 3 nitrogen and oxygen atoms in total. The van der Waals surface area contributed by atoms with Crippen molar-refractivity contribution < 1.29 is 5.11 Å². The fraction of sp³-hybridized carbons (Fsp3) is 0.167. The minimum atomic E-state index is -0.632. The summed E-state index contributed by atoms with van der Waals surface area (Å²) in [5, 5.41) is 12.8. The highest BCUT2D eigenvalue weighted by Gasteiger charge is 2.13. The number of nitrogens with zero attached hydrogens (tertiary/aromatic N) is 2. The van der Waals surface area contributed by atoms with Gasteiger partial charge in [0.25, 0.3) is 0 Å². The smallest absolute Gasteiger partial charge is 0.105 e. The zero-order valence-electron chi connectivity index (χ0n) is 12.2. The summed E-state index contributed by atoms with van der Waals surface area (Å²) in [6, 6.07) is 15.9. The first-order valence-electron chi connectivity index (χ1n) is 6.95. The van der Waals surface area contributed by atoms with Crippen LogP contribution in [-0.4, -0.2) is 24.2 Å². The van der Waals surface area contributed by atoms with Crippen molar-refractivity contribution in [2.24, 2.45) is 0 Å². The van der Waals surface area contributed by atoms with Crippen LogP contribution in [0, 0.1) is 0 Å². The maximum atomic E-state index is 10.7. The predicted octanol–water partition coefficient (Wildman–Crippen LogP) is 3.38. The lowest BCUT2D eigenvalue weighted by Gasteiger charge is -2.16. The molecule has 3 heteroatoms. The summed E-state index contributed by atoms with van der Waals surface area (Å²) >= 11 is 0. The molecule has 1 N–H and O–H groups in total. The van der Waals surface area contributed by atoms with E-state index in [0.717, 1.165) is 27.6 Å². The van der Waals surface area contributed by atoms with Crippen molar-refractivity contribution in [3.8, 4) is 0 Å². The lowest BCUT2D eigenvalue weighted by molar-refractivity contribution is 0.222. The van der Waals surface area contributed by atoms with Gasteiger partial charge in [-0.15, -0.1) is 0 Å². The van der Waals surface area contributed by atoms with Crippen LogP contribution in [-0.2, 0) is 0 Å². The summed E-state index contributed by atoms with van der Waals surface area (Å²) in [5.74, 6) is 0. The monoisotopic (exact) mass is 278 g/mol. The van der Waals surface area contributed by atoms with Crippen molar-refractivity contribution in [3.05, 3.63) is 72.1 Å². The number of hydrogen-bond acceptors (Lipinski definition) is 3. The summed E-state index contributed by atoms with van der Waals surface area (Å²) in [5.41, 5.74) is 2.92. The zero-order valence-corrected chi connectivity index (χ0v) is 12.2. The van der Waals surface area contributed by atoms with E-state index in [1.54, 1.807) is 6.20 Å². The molecule has 1 heterocycles. The third kappa shape index (κ3) is 2.60. The number of aromatic nitrogens is 1. The molecule has 1 atom stereocenters. The van der Waals surface area contributed by atoms with Crippen LogP contribution >= 0.6 is 0 Å². The fourth-order valence-electron chi connectivity index (χ4n) is 2.52. The highest BCUT2D eigenvalue weighted by Crippen LogP contribution is 2.29. The molecule has 1 aromatic heterocycles. The van der Waals surface area contributed by atoms with Crippen LogP contribution < -0.4 is 4.90 Å². The first-order valence-corrected chi connectivity index (χ1v) is 6.95. The molecule has 2 aromatic carbocycles. The Morgan fingerprint density at radius 3 is 2.48 bits per heavy atom. The Bertz CT molecular complexity index is 745. The minimum Gasteiger partial charge on any atom is -0.384 e. The molecule has 0 saturated carbocycles. The molecule has 0 aliphatic rings. The molecule has 3 rings (SSSR count). The minimum absolute atomic E-state index is 0.632. The molecular weight excluding hydrogens is 260 g/mol. The van der Waals surface area contributed by atoms with E-state index >= 15 is 0 Å². The van der Waals surface area contributed by atoms with Gasteiger partial charge in [0, 0.05) is 37.6 Å². The summed E-state index contributed by atoms with van der Waals surface area (Å²) in [7, 11) is 4.01. The summed E-state index contributed by atoms with van der Waals surface area (Å²) in [4.78, 5) is 6.17. The number of aliphatic hydroxyl groups is 1. The molecule has 0 aliphatic carbocycles. The quantitative estimate of drug-likeness (QED) is 0.798. The number of rotatable bonds is 3. The largest absolute Gasteiger partial charge is 0.384 e. The number of benzene rings is 2. The highest BCUT2D eigenvalue weighted by molar-refractivity contribution is 5.85. The van der Waals surface area contributed by atoms with Crippen molar-refractivity contribution in [1.29, 1.82) is 0 Å². The van der Waals surface area contributed by atoms with Crippen LogP contribution in [0.4, 0.5) is 5.69 Å². The van der Waals surface area contributed by atoms with Gasteiger partial charge in [0.15, 0.2) is 0 Å². The number of anilines is 1. The van der Waals surface area contributed by atoms with Gasteiger partial charge in [-0.2, -0.15) is 0 Å². The maximum absolute atomic E-state index is 10.7. The lowest BCUT2D eigenvalue weighted by atomic mass is 9.96. The maximum Gasteiger partial charge on any atom is 0.105 e. The second kappa shape index (κ2) is 5.54. The first kappa shape index (κ1) is 13.6. The Hall–Kier alpha value is -2.39. The Balaban J connectivity index is 2.02. The van der Waals surface area contributed by atoms with E-state index in [-0.39, 0.29) is 0 Å². The average Bonchev–Trinajstić information content (AvgIpc) is 2.53. The Morgan fingerprint density at radius 2 is 1.76 bits per heavy atom. The Labute approximate surface area is 124 Å². The second-order valence-electron chi connectivity index (χ2n) is 5.33. The third-order valence-electron chi connectivity index (χ3n) is 3.73. The van der Waals surface area contributed by atoms with Crippen LogP contribution in [0.5, 0.6) is 0 Å². The summed E-state index contributed by atoms with van der Waals surface area (Å²) in [6.45, 7) is 0. The molecule has 21 heavy (non-hydrogen) atoms. The normalized spacial score (nSPS) is 12.3. The van der Waals surface area contributed by atoms with Crippen molar-refractivity contribution in [2.45, 2.75) is 6.10 Å². The topological polar surface area (TPSA) is 36.4 Å².